The summed E-state index contributed by atoms with van der Waals surface area (Å²) in [4.78, 5) is 9.28. The van der Waals surface area contributed by atoms with Gasteiger partial charge in [0.2, 0.25) is 5.82 Å². The number of aromatic amines is 1. The van der Waals surface area contributed by atoms with Gasteiger partial charge in [-0.2, -0.15) is 10.3 Å². The zero-order valence-corrected chi connectivity index (χ0v) is 18.4. The van der Waals surface area contributed by atoms with E-state index in [4.69, 9.17) is 10.1 Å². The van der Waals surface area contributed by atoms with Gasteiger partial charge in [-0.3, -0.25) is 4.98 Å². The van der Waals surface area contributed by atoms with Gasteiger partial charge in [0, 0.05) is 42.4 Å². The molecule has 3 heterocycles. The van der Waals surface area contributed by atoms with Gasteiger partial charge in [0.15, 0.2) is 5.82 Å². The highest BCUT2D eigenvalue weighted by atomic mass is 15.5. The average molecular weight is 429 g/mol. The second kappa shape index (κ2) is 9.38. The summed E-state index contributed by atoms with van der Waals surface area (Å²) >= 11 is 0. The van der Waals surface area contributed by atoms with Gasteiger partial charge in [0.05, 0.1) is 0 Å². The van der Waals surface area contributed by atoms with E-state index in [2.05, 4.69) is 61.5 Å². The number of aryl methyl sites for hydroxylation is 1. The summed E-state index contributed by atoms with van der Waals surface area (Å²) < 4.78 is 2.12. The van der Waals surface area contributed by atoms with Gasteiger partial charge >= 0.3 is 0 Å². The molecule has 164 valence electrons. The summed E-state index contributed by atoms with van der Waals surface area (Å²) in [6.45, 7) is 3.10. The standard InChI is InChI=1S/C24H28N8/c1-2-14-32-22(26-23(29-32)19-6-4-3-5-7-19)15-17-8-10-18(11-9-17)21-16-25-13-12-20(21)24-27-30-31-28-24/h8-13,16,19H,2-7,14-15H2,1H3,(H,27,28,30,31). The molecule has 0 radical (unpaired) electrons. The summed E-state index contributed by atoms with van der Waals surface area (Å²) in [5, 5.41) is 19.3. The van der Waals surface area contributed by atoms with E-state index >= 15 is 0 Å². The number of benzene rings is 1. The van der Waals surface area contributed by atoms with Crippen molar-refractivity contribution in [2.75, 3.05) is 0 Å². The van der Waals surface area contributed by atoms with E-state index in [0.717, 1.165) is 47.7 Å². The van der Waals surface area contributed by atoms with Crippen LogP contribution in [0.1, 0.15) is 68.6 Å². The molecule has 0 atom stereocenters. The van der Waals surface area contributed by atoms with Crippen LogP contribution in [0.15, 0.2) is 42.7 Å². The van der Waals surface area contributed by atoms with Gasteiger partial charge in [-0.05, 0) is 41.7 Å². The van der Waals surface area contributed by atoms with Gasteiger partial charge in [-0.25, -0.2) is 9.67 Å². The van der Waals surface area contributed by atoms with Gasteiger partial charge in [0.1, 0.15) is 5.82 Å². The molecule has 0 amide bonds. The molecule has 32 heavy (non-hydrogen) atoms. The Morgan fingerprint density at radius 2 is 1.88 bits per heavy atom. The molecule has 3 aromatic heterocycles. The largest absolute Gasteiger partial charge is 0.264 e. The van der Waals surface area contributed by atoms with Crippen molar-refractivity contribution in [3.63, 3.8) is 0 Å². The van der Waals surface area contributed by atoms with Gasteiger partial charge in [-0.1, -0.05) is 50.5 Å². The lowest BCUT2D eigenvalue weighted by Gasteiger charge is -2.18. The average Bonchev–Trinajstić information content (AvgIpc) is 3.51. The number of rotatable bonds is 7. The lowest BCUT2D eigenvalue weighted by atomic mass is 9.89. The van der Waals surface area contributed by atoms with Crippen LogP contribution in [0.2, 0.25) is 0 Å². The smallest absolute Gasteiger partial charge is 0.205 e. The molecule has 1 aliphatic rings. The van der Waals surface area contributed by atoms with Crippen molar-refractivity contribution in [2.45, 2.75) is 64.3 Å². The lowest BCUT2D eigenvalue weighted by molar-refractivity contribution is 0.425. The minimum absolute atomic E-state index is 0.525. The van der Waals surface area contributed by atoms with Crippen LogP contribution in [0.5, 0.6) is 0 Å². The minimum Gasteiger partial charge on any atom is -0.264 e. The van der Waals surface area contributed by atoms with E-state index in [9.17, 15) is 0 Å². The summed E-state index contributed by atoms with van der Waals surface area (Å²) in [6.07, 6.45) is 11.8. The molecule has 1 aliphatic carbocycles. The zero-order valence-electron chi connectivity index (χ0n) is 18.4. The highest BCUT2D eigenvalue weighted by Crippen LogP contribution is 2.32. The summed E-state index contributed by atoms with van der Waals surface area (Å²) in [5.74, 6) is 3.20. The topological polar surface area (TPSA) is 98.1 Å². The van der Waals surface area contributed by atoms with E-state index in [1.807, 2.05) is 12.3 Å². The van der Waals surface area contributed by atoms with Crippen LogP contribution in [0.25, 0.3) is 22.5 Å². The number of hydrogen-bond acceptors (Lipinski definition) is 6. The Labute approximate surface area is 187 Å². The number of nitrogens with zero attached hydrogens (tertiary/aromatic N) is 7. The summed E-state index contributed by atoms with van der Waals surface area (Å²) in [7, 11) is 0. The Hall–Kier alpha value is -3.42. The number of hydrogen-bond donors (Lipinski definition) is 1. The first-order valence-electron chi connectivity index (χ1n) is 11.5. The summed E-state index contributed by atoms with van der Waals surface area (Å²) in [5.41, 5.74) is 4.17. The number of tetrazole rings is 1. The van der Waals surface area contributed by atoms with Crippen LogP contribution < -0.4 is 0 Å². The van der Waals surface area contributed by atoms with Gasteiger partial charge in [0.25, 0.3) is 0 Å². The first-order valence-corrected chi connectivity index (χ1v) is 11.5. The van der Waals surface area contributed by atoms with Crippen molar-refractivity contribution in [1.82, 2.24) is 40.4 Å². The highest BCUT2D eigenvalue weighted by molar-refractivity contribution is 5.79. The molecule has 0 saturated heterocycles. The molecule has 8 nitrogen and oxygen atoms in total. The SMILES string of the molecule is CCCn1nc(C2CCCCC2)nc1Cc1ccc(-c2cnccc2-c2nn[nH]n2)cc1. The number of pyridine rings is 1. The van der Waals surface area contributed by atoms with Gasteiger partial charge in [-0.15, -0.1) is 10.2 Å². The van der Waals surface area contributed by atoms with Crippen LogP contribution in [0, 0.1) is 0 Å². The maximum absolute atomic E-state index is 4.99. The molecule has 5 rings (SSSR count). The van der Waals surface area contributed by atoms with E-state index in [1.165, 1.54) is 37.7 Å². The maximum Gasteiger partial charge on any atom is 0.205 e. The molecule has 1 fully saturated rings. The molecular formula is C24H28N8. The van der Waals surface area contributed by atoms with Crippen molar-refractivity contribution < 1.29 is 0 Å². The van der Waals surface area contributed by atoms with E-state index in [-0.39, 0.29) is 0 Å². The Morgan fingerprint density at radius 1 is 1.03 bits per heavy atom. The molecule has 4 aromatic rings. The first-order chi connectivity index (χ1) is 15.8. The van der Waals surface area contributed by atoms with Crippen molar-refractivity contribution in [3.8, 4) is 22.5 Å². The van der Waals surface area contributed by atoms with Crippen LogP contribution in [0.4, 0.5) is 0 Å². The fraction of sp³-hybridized carbons (Fsp3) is 0.417. The van der Waals surface area contributed by atoms with Gasteiger partial charge < -0.3 is 0 Å². The molecule has 1 aromatic carbocycles. The van der Waals surface area contributed by atoms with Crippen LogP contribution >= 0.6 is 0 Å². The second-order valence-electron chi connectivity index (χ2n) is 8.47. The third-order valence-corrected chi connectivity index (χ3v) is 6.20. The Kier molecular flexibility index (Phi) is 6.00. The molecule has 0 aliphatic heterocycles. The van der Waals surface area contributed by atoms with Crippen LogP contribution in [-0.4, -0.2) is 40.4 Å². The molecule has 8 heteroatoms. The Bertz CT molecular complexity index is 1140. The zero-order chi connectivity index (χ0) is 21.8. The van der Waals surface area contributed by atoms with E-state index in [1.54, 1.807) is 6.20 Å². The monoisotopic (exact) mass is 428 g/mol. The highest BCUT2D eigenvalue weighted by Gasteiger charge is 2.21. The normalized spacial score (nSPS) is 14.7. The van der Waals surface area contributed by atoms with E-state index < -0.39 is 0 Å². The van der Waals surface area contributed by atoms with Crippen molar-refractivity contribution >= 4 is 0 Å². The van der Waals surface area contributed by atoms with Crippen LogP contribution in [-0.2, 0) is 13.0 Å². The quantitative estimate of drug-likeness (QED) is 0.463. The number of aromatic nitrogens is 8. The molecule has 0 bridgehead atoms. The molecule has 0 unspecified atom stereocenters. The van der Waals surface area contributed by atoms with Crippen molar-refractivity contribution in [3.05, 3.63) is 59.9 Å². The predicted octanol–water partition coefficient (Wildman–Crippen LogP) is 4.57. The third-order valence-electron chi connectivity index (χ3n) is 6.20. The maximum atomic E-state index is 4.99. The predicted molar refractivity (Wildman–Crippen MR) is 122 cm³/mol. The number of nitrogens with one attached hydrogen (secondary N) is 1. The summed E-state index contributed by atoms with van der Waals surface area (Å²) in [6, 6.07) is 10.5. The molecule has 0 spiro atoms. The number of H-pyrrole nitrogens is 1. The Balaban J connectivity index is 1.38. The van der Waals surface area contributed by atoms with Crippen molar-refractivity contribution in [1.29, 1.82) is 0 Å². The fourth-order valence-electron chi connectivity index (χ4n) is 4.53. The fourth-order valence-corrected chi connectivity index (χ4v) is 4.53. The van der Waals surface area contributed by atoms with E-state index in [0.29, 0.717) is 11.7 Å². The van der Waals surface area contributed by atoms with Crippen molar-refractivity contribution in [2.24, 2.45) is 0 Å². The Morgan fingerprint density at radius 3 is 2.62 bits per heavy atom. The van der Waals surface area contributed by atoms with Crippen LogP contribution in [0.3, 0.4) is 0 Å². The molecule has 1 saturated carbocycles. The minimum atomic E-state index is 0.525. The third kappa shape index (κ3) is 4.30. The first kappa shape index (κ1) is 20.5. The molecule has 1 N–H and O–H groups in total. The second-order valence-corrected chi connectivity index (χ2v) is 8.47. The lowest BCUT2D eigenvalue weighted by Crippen LogP contribution is -2.08. The molecular weight excluding hydrogens is 400 g/mol.